The lowest BCUT2D eigenvalue weighted by Crippen LogP contribution is -2.40. The van der Waals surface area contributed by atoms with Crippen molar-refractivity contribution in [1.29, 1.82) is 0 Å². The molecular weight excluding hydrogens is 202 g/mol. The average molecular weight is 221 g/mol. The van der Waals surface area contributed by atoms with Crippen LogP contribution in [0.3, 0.4) is 0 Å². The summed E-state index contributed by atoms with van der Waals surface area (Å²) in [5, 5.41) is 5.07. The Bertz CT molecular complexity index is 274. The first-order valence-electron chi connectivity index (χ1n) is 5.01. The molecule has 14 heavy (non-hydrogen) atoms. The predicted molar refractivity (Wildman–Crippen MR) is 56.0 cm³/mol. The van der Waals surface area contributed by atoms with Gasteiger partial charge in [-0.15, -0.1) is 0 Å². The van der Waals surface area contributed by atoms with Crippen LogP contribution in [0, 0.1) is 0 Å². The van der Waals surface area contributed by atoms with Crippen molar-refractivity contribution >= 4 is 10.2 Å². The fraction of sp³-hybridized carbons (Fsp3) is 1.00. The van der Waals surface area contributed by atoms with Gasteiger partial charge in [0.2, 0.25) is 0 Å². The van der Waals surface area contributed by atoms with Gasteiger partial charge in [-0.3, -0.25) is 4.90 Å². The Kier molecular flexibility index (Phi) is 3.88. The van der Waals surface area contributed by atoms with Crippen LogP contribution in [0.2, 0.25) is 0 Å². The van der Waals surface area contributed by atoms with Crippen molar-refractivity contribution in [1.82, 2.24) is 9.21 Å². The van der Waals surface area contributed by atoms with Crippen molar-refractivity contribution in [3.05, 3.63) is 0 Å². The Labute approximate surface area is 86.0 Å². The Hall–Kier alpha value is -0.170. The highest BCUT2D eigenvalue weighted by Gasteiger charge is 2.31. The molecule has 0 amide bonds. The minimum atomic E-state index is -3.48. The lowest BCUT2D eigenvalue weighted by molar-refractivity contribution is 0.224. The first-order chi connectivity index (χ1) is 6.49. The summed E-state index contributed by atoms with van der Waals surface area (Å²) in [5.41, 5.74) is 0. The zero-order valence-electron chi connectivity index (χ0n) is 8.81. The first kappa shape index (κ1) is 11.9. The molecule has 6 heteroatoms. The van der Waals surface area contributed by atoms with E-state index in [0.717, 1.165) is 19.5 Å². The second kappa shape index (κ2) is 4.57. The molecule has 0 aromatic rings. The van der Waals surface area contributed by atoms with E-state index in [1.807, 2.05) is 0 Å². The van der Waals surface area contributed by atoms with Crippen LogP contribution < -0.4 is 5.14 Å². The highest BCUT2D eigenvalue weighted by Crippen LogP contribution is 2.16. The third-order valence-corrected chi connectivity index (χ3v) is 3.87. The molecule has 0 bridgehead atoms. The molecule has 1 saturated heterocycles. The zero-order chi connectivity index (χ0) is 10.8. The lowest BCUT2D eigenvalue weighted by Gasteiger charge is -2.25. The molecule has 1 atom stereocenters. The van der Waals surface area contributed by atoms with Crippen LogP contribution in [0.25, 0.3) is 0 Å². The van der Waals surface area contributed by atoms with Crippen LogP contribution >= 0.6 is 0 Å². The van der Waals surface area contributed by atoms with Crippen molar-refractivity contribution < 1.29 is 8.42 Å². The van der Waals surface area contributed by atoms with E-state index in [2.05, 4.69) is 18.7 Å². The molecule has 0 aliphatic carbocycles. The van der Waals surface area contributed by atoms with Crippen molar-refractivity contribution in [2.75, 3.05) is 26.2 Å². The maximum absolute atomic E-state index is 11.1. The van der Waals surface area contributed by atoms with Gasteiger partial charge in [-0.25, -0.2) is 5.14 Å². The molecule has 0 aromatic heterocycles. The number of likely N-dealkylation sites (N-methyl/N-ethyl adjacent to an activating group) is 1. The highest BCUT2D eigenvalue weighted by molar-refractivity contribution is 7.86. The van der Waals surface area contributed by atoms with Gasteiger partial charge in [-0.05, 0) is 19.5 Å². The summed E-state index contributed by atoms with van der Waals surface area (Å²) in [6.45, 7) is 7.19. The molecule has 5 nitrogen and oxygen atoms in total. The average Bonchev–Trinajstić information content (AvgIpc) is 2.54. The minimum Gasteiger partial charge on any atom is -0.300 e. The van der Waals surface area contributed by atoms with Gasteiger partial charge in [-0.1, -0.05) is 13.8 Å². The van der Waals surface area contributed by atoms with E-state index < -0.39 is 10.2 Å². The standard InChI is InChI=1S/C8H19N3O2S/c1-3-10(4-2)8-5-6-11(7-8)14(9,12)13/h8H,3-7H2,1-2H3,(H2,9,12,13). The molecule has 1 aliphatic heterocycles. The largest absolute Gasteiger partial charge is 0.300 e. The van der Waals surface area contributed by atoms with Crippen LogP contribution in [0.1, 0.15) is 20.3 Å². The predicted octanol–water partition coefficient (Wildman–Crippen LogP) is -0.394. The molecule has 1 aliphatic rings. The van der Waals surface area contributed by atoms with Gasteiger partial charge in [0, 0.05) is 19.1 Å². The highest BCUT2D eigenvalue weighted by atomic mass is 32.2. The van der Waals surface area contributed by atoms with E-state index >= 15 is 0 Å². The maximum Gasteiger partial charge on any atom is 0.276 e. The van der Waals surface area contributed by atoms with E-state index in [1.165, 1.54) is 4.31 Å². The molecule has 0 spiro atoms. The Morgan fingerprint density at radius 1 is 1.43 bits per heavy atom. The summed E-state index contributed by atoms with van der Waals surface area (Å²) in [4.78, 5) is 2.27. The summed E-state index contributed by atoms with van der Waals surface area (Å²) < 4.78 is 23.5. The maximum atomic E-state index is 11.1. The van der Waals surface area contributed by atoms with Crippen LogP contribution in [-0.2, 0) is 10.2 Å². The summed E-state index contributed by atoms with van der Waals surface area (Å²) in [5.74, 6) is 0. The zero-order valence-corrected chi connectivity index (χ0v) is 9.63. The molecule has 1 fully saturated rings. The number of nitrogens with two attached hydrogens (primary N) is 1. The van der Waals surface area contributed by atoms with Gasteiger partial charge in [-0.2, -0.15) is 12.7 Å². The number of hydrogen-bond donors (Lipinski definition) is 1. The van der Waals surface area contributed by atoms with Gasteiger partial charge in [0.15, 0.2) is 0 Å². The Balaban J connectivity index is 2.57. The fourth-order valence-electron chi connectivity index (χ4n) is 1.98. The first-order valence-corrected chi connectivity index (χ1v) is 6.51. The summed E-state index contributed by atoms with van der Waals surface area (Å²) in [7, 11) is -3.48. The quantitative estimate of drug-likeness (QED) is 0.703. The molecule has 0 saturated carbocycles. The number of nitrogens with zero attached hydrogens (tertiary/aromatic N) is 2. The second-order valence-corrected chi connectivity index (χ2v) is 5.11. The molecule has 0 aromatic carbocycles. The van der Waals surface area contributed by atoms with Crippen LogP contribution in [0.15, 0.2) is 0 Å². The summed E-state index contributed by atoms with van der Waals surface area (Å²) in [6.07, 6.45) is 0.887. The van der Waals surface area contributed by atoms with Crippen LogP contribution in [0.5, 0.6) is 0 Å². The van der Waals surface area contributed by atoms with Crippen LogP contribution in [-0.4, -0.2) is 49.8 Å². The fourth-order valence-corrected chi connectivity index (χ4v) is 2.72. The van der Waals surface area contributed by atoms with Crippen LogP contribution in [0.4, 0.5) is 0 Å². The molecular formula is C8H19N3O2S. The van der Waals surface area contributed by atoms with Gasteiger partial charge < -0.3 is 0 Å². The van der Waals surface area contributed by atoms with Gasteiger partial charge in [0.1, 0.15) is 0 Å². The third-order valence-electron chi connectivity index (χ3n) is 2.81. The Morgan fingerprint density at radius 3 is 2.36 bits per heavy atom. The van der Waals surface area contributed by atoms with E-state index in [-0.39, 0.29) is 0 Å². The molecule has 84 valence electrons. The van der Waals surface area contributed by atoms with E-state index in [4.69, 9.17) is 5.14 Å². The lowest BCUT2D eigenvalue weighted by atomic mass is 10.2. The van der Waals surface area contributed by atoms with Crippen molar-refractivity contribution in [3.63, 3.8) is 0 Å². The van der Waals surface area contributed by atoms with E-state index in [0.29, 0.717) is 19.1 Å². The minimum absolute atomic E-state index is 0.336. The van der Waals surface area contributed by atoms with E-state index in [1.54, 1.807) is 0 Å². The number of hydrogen-bond acceptors (Lipinski definition) is 3. The number of rotatable bonds is 4. The van der Waals surface area contributed by atoms with Gasteiger partial charge in [0.05, 0.1) is 0 Å². The summed E-state index contributed by atoms with van der Waals surface area (Å²) in [6, 6.07) is 0.336. The molecule has 1 unspecified atom stereocenters. The topological polar surface area (TPSA) is 66.6 Å². The smallest absolute Gasteiger partial charge is 0.276 e. The Morgan fingerprint density at radius 2 is 2.00 bits per heavy atom. The van der Waals surface area contributed by atoms with Gasteiger partial charge >= 0.3 is 0 Å². The van der Waals surface area contributed by atoms with E-state index in [9.17, 15) is 8.42 Å². The molecule has 1 rings (SSSR count). The normalized spacial score (nSPS) is 24.7. The SMILES string of the molecule is CCN(CC)C1CCN(S(N)(=O)=O)C1. The second-order valence-electron chi connectivity index (χ2n) is 3.57. The van der Waals surface area contributed by atoms with Crippen molar-refractivity contribution in [2.45, 2.75) is 26.3 Å². The molecule has 1 heterocycles. The summed E-state index contributed by atoms with van der Waals surface area (Å²) >= 11 is 0. The van der Waals surface area contributed by atoms with Gasteiger partial charge in [0.25, 0.3) is 10.2 Å². The molecule has 0 radical (unpaired) electrons. The van der Waals surface area contributed by atoms with Crippen molar-refractivity contribution in [2.24, 2.45) is 5.14 Å². The molecule has 2 N–H and O–H groups in total. The van der Waals surface area contributed by atoms with Crippen molar-refractivity contribution in [3.8, 4) is 0 Å². The monoisotopic (exact) mass is 221 g/mol. The third kappa shape index (κ3) is 2.66.